The maximum Gasteiger partial charge on any atom is 0.250 e. The number of amides is 1. The number of carbonyl (C=O) groups excluding carboxylic acids is 1. The van der Waals surface area contributed by atoms with E-state index in [1.54, 1.807) is 14.2 Å². The summed E-state index contributed by atoms with van der Waals surface area (Å²) in [7, 11) is 3.16. The van der Waals surface area contributed by atoms with E-state index in [1.807, 2.05) is 12.1 Å². The van der Waals surface area contributed by atoms with Crippen molar-refractivity contribution in [2.75, 3.05) is 33.9 Å². The SMILES string of the molecule is COc1cc(Br)c(CNC(=O)C2CNCCO2)cc1OC. The number of rotatable bonds is 5. The van der Waals surface area contributed by atoms with Gasteiger partial charge in [0.25, 0.3) is 5.91 Å². The van der Waals surface area contributed by atoms with Gasteiger partial charge in [-0.25, -0.2) is 0 Å². The molecule has 1 unspecified atom stereocenters. The summed E-state index contributed by atoms with van der Waals surface area (Å²) in [6.07, 6.45) is -0.433. The quantitative estimate of drug-likeness (QED) is 0.823. The number of benzene rings is 1. The van der Waals surface area contributed by atoms with E-state index in [-0.39, 0.29) is 5.91 Å². The number of nitrogens with one attached hydrogen (secondary N) is 2. The van der Waals surface area contributed by atoms with Crippen molar-refractivity contribution in [3.05, 3.63) is 22.2 Å². The van der Waals surface area contributed by atoms with Crippen LogP contribution in [-0.2, 0) is 16.1 Å². The van der Waals surface area contributed by atoms with Crippen LogP contribution in [0.25, 0.3) is 0 Å². The first-order valence-corrected chi connectivity index (χ1v) is 7.45. The summed E-state index contributed by atoms with van der Waals surface area (Å²) < 4.78 is 16.7. The van der Waals surface area contributed by atoms with E-state index in [0.717, 1.165) is 16.6 Å². The van der Waals surface area contributed by atoms with Crippen molar-refractivity contribution in [2.45, 2.75) is 12.6 Å². The highest BCUT2D eigenvalue weighted by Gasteiger charge is 2.21. The number of hydrogen-bond donors (Lipinski definition) is 2. The van der Waals surface area contributed by atoms with Gasteiger partial charge in [0, 0.05) is 24.1 Å². The molecule has 2 N–H and O–H groups in total. The second-order valence-corrected chi connectivity index (χ2v) is 5.43. The van der Waals surface area contributed by atoms with Crippen LogP contribution in [0.5, 0.6) is 11.5 Å². The van der Waals surface area contributed by atoms with Gasteiger partial charge in [-0.2, -0.15) is 0 Å². The monoisotopic (exact) mass is 358 g/mol. The van der Waals surface area contributed by atoms with Crippen LogP contribution in [0.1, 0.15) is 5.56 Å². The molecule has 7 heteroatoms. The Kier molecular flexibility index (Phi) is 5.84. The van der Waals surface area contributed by atoms with Crippen molar-refractivity contribution in [3.63, 3.8) is 0 Å². The highest BCUT2D eigenvalue weighted by atomic mass is 79.9. The average Bonchev–Trinajstić information content (AvgIpc) is 2.53. The summed E-state index contributed by atoms with van der Waals surface area (Å²) >= 11 is 3.47. The topological polar surface area (TPSA) is 68.8 Å². The molecule has 0 radical (unpaired) electrons. The van der Waals surface area contributed by atoms with E-state index in [4.69, 9.17) is 14.2 Å². The molecule has 6 nitrogen and oxygen atoms in total. The Labute approximate surface area is 132 Å². The zero-order chi connectivity index (χ0) is 15.2. The highest BCUT2D eigenvalue weighted by molar-refractivity contribution is 9.10. The first-order valence-electron chi connectivity index (χ1n) is 6.66. The van der Waals surface area contributed by atoms with Crippen molar-refractivity contribution >= 4 is 21.8 Å². The zero-order valence-electron chi connectivity index (χ0n) is 12.1. The van der Waals surface area contributed by atoms with E-state index in [2.05, 4.69) is 26.6 Å². The molecule has 1 aliphatic heterocycles. The molecule has 0 bridgehead atoms. The summed E-state index contributed by atoms with van der Waals surface area (Å²) in [5.41, 5.74) is 0.907. The summed E-state index contributed by atoms with van der Waals surface area (Å²) in [5.74, 6) is 1.14. The molecular formula is C14H19BrN2O4. The molecule has 1 atom stereocenters. The molecule has 1 fully saturated rings. The molecule has 1 saturated heterocycles. The lowest BCUT2D eigenvalue weighted by Crippen LogP contribution is -2.47. The van der Waals surface area contributed by atoms with E-state index >= 15 is 0 Å². The van der Waals surface area contributed by atoms with Crippen molar-refractivity contribution in [1.82, 2.24) is 10.6 Å². The largest absolute Gasteiger partial charge is 0.493 e. The van der Waals surface area contributed by atoms with Gasteiger partial charge in [0.2, 0.25) is 0 Å². The lowest BCUT2D eigenvalue weighted by Gasteiger charge is -2.23. The first kappa shape index (κ1) is 16.1. The molecule has 1 amide bonds. The predicted molar refractivity (Wildman–Crippen MR) is 81.7 cm³/mol. The van der Waals surface area contributed by atoms with Crippen LogP contribution in [0.2, 0.25) is 0 Å². The Morgan fingerprint density at radius 2 is 2.14 bits per heavy atom. The fourth-order valence-corrected chi connectivity index (χ4v) is 2.52. The third-order valence-electron chi connectivity index (χ3n) is 3.23. The normalized spacial score (nSPS) is 18.1. The summed E-state index contributed by atoms with van der Waals surface area (Å²) in [6.45, 7) is 2.27. The van der Waals surface area contributed by atoms with E-state index in [9.17, 15) is 4.79 Å². The maximum atomic E-state index is 12.0. The fourth-order valence-electron chi connectivity index (χ4n) is 2.06. The Bertz CT molecular complexity index is 504. The molecule has 1 aliphatic rings. The zero-order valence-corrected chi connectivity index (χ0v) is 13.7. The molecule has 0 aliphatic carbocycles. The third kappa shape index (κ3) is 4.09. The Balaban J connectivity index is 2.00. The van der Waals surface area contributed by atoms with Gasteiger partial charge in [-0.3, -0.25) is 4.79 Å². The molecule has 1 aromatic rings. The number of halogens is 1. The molecular weight excluding hydrogens is 340 g/mol. The van der Waals surface area contributed by atoms with Gasteiger partial charge >= 0.3 is 0 Å². The van der Waals surface area contributed by atoms with Gasteiger partial charge in [-0.15, -0.1) is 0 Å². The first-order chi connectivity index (χ1) is 10.2. The molecule has 1 heterocycles. The number of ether oxygens (including phenoxy) is 3. The Morgan fingerprint density at radius 3 is 2.76 bits per heavy atom. The summed E-state index contributed by atoms with van der Waals surface area (Å²) in [6, 6.07) is 3.65. The Hall–Kier alpha value is -1.31. The molecule has 116 valence electrons. The van der Waals surface area contributed by atoms with Gasteiger partial charge in [0.1, 0.15) is 6.10 Å². The van der Waals surface area contributed by atoms with Crippen molar-refractivity contribution in [3.8, 4) is 11.5 Å². The van der Waals surface area contributed by atoms with Crippen LogP contribution in [0.3, 0.4) is 0 Å². The Morgan fingerprint density at radius 1 is 1.43 bits per heavy atom. The van der Waals surface area contributed by atoms with Gasteiger partial charge in [-0.1, -0.05) is 15.9 Å². The van der Waals surface area contributed by atoms with Crippen LogP contribution in [0, 0.1) is 0 Å². The minimum atomic E-state index is -0.433. The average molecular weight is 359 g/mol. The smallest absolute Gasteiger partial charge is 0.250 e. The fraction of sp³-hybridized carbons (Fsp3) is 0.500. The minimum Gasteiger partial charge on any atom is -0.493 e. The number of methoxy groups -OCH3 is 2. The maximum absolute atomic E-state index is 12.0. The number of morpholine rings is 1. The molecule has 0 aromatic heterocycles. The number of carbonyl (C=O) groups is 1. The highest BCUT2D eigenvalue weighted by Crippen LogP contribution is 2.33. The van der Waals surface area contributed by atoms with Crippen LogP contribution >= 0.6 is 15.9 Å². The van der Waals surface area contributed by atoms with Crippen LogP contribution in [0.4, 0.5) is 0 Å². The summed E-state index contributed by atoms with van der Waals surface area (Å²) in [4.78, 5) is 12.0. The van der Waals surface area contributed by atoms with Crippen molar-refractivity contribution < 1.29 is 19.0 Å². The standard InChI is InChI=1S/C14H19BrN2O4/c1-19-11-5-9(10(15)6-12(11)20-2)7-17-14(18)13-8-16-3-4-21-13/h5-6,13,16H,3-4,7-8H2,1-2H3,(H,17,18). The molecule has 0 saturated carbocycles. The lowest BCUT2D eigenvalue weighted by atomic mass is 10.2. The predicted octanol–water partition coefficient (Wildman–Crippen LogP) is 1.07. The second kappa shape index (κ2) is 7.63. The summed E-state index contributed by atoms with van der Waals surface area (Å²) in [5, 5.41) is 5.99. The van der Waals surface area contributed by atoms with E-state index < -0.39 is 6.10 Å². The van der Waals surface area contributed by atoms with Crippen LogP contribution in [0.15, 0.2) is 16.6 Å². The second-order valence-electron chi connectivity index (χ2n) is 4.58. The van der Waals surface area contributed by atoms with Crippen LogP contribution in [-0.4, -0.2) is 45.9 Å². The van der Waals surface area contributed by atoms with E-state index in [1.165, 1.54) is 0 Å². The number of hydrogen-bond acceptors (Lipinski definition) is 5. The van der Waals surface area contributed by atoms with Gasteiger partial charge in [0.05, 0.1) is 20.8 Å². The van der Waals surface area contributed by atoms with Crippen LogP contribution < -0.4 is 20.1 Å². The molecule has 0 spiro atoms. The minimum absolute atomic E-state index is 0.121. The molecule has 1 aromatic carbocycles. The van der Waals surface area contributed by atoms with Gasteiger partial charge in [0.15, 0.2) is 11.5 Å². The van der Waals surface area contributed by atoms with Gasteiger partial charge in [-0.05, 0) is 17.7 Å². The van der Waals surface area contributed by atoms with Gasteiger partial charge < -0.3 is 24.8 Å². The third-order valence-corrected chi connectivity index (χ3v) is 3.96. The van der Waals surface area contributed by atoms with E-state index in [0.29, 0.717) is 31.2 Å². The molecule has 21 heavy (non-hydrogen) atoms. The van der Waals surface area contributed by atoms with Crippen molar-refractivity contribution in [1.29, 1.82) is 0 Å². The van der Waals surface area contributed by atoms with Crippen molar-refractivity contribution in [2.24, 2.45) is 0 Å². The lowest BCUT2D eigenvalue weighted by molar-refractivity contribution is -0.134. The molecule has 2 rings (SSSR count).